The minimum Gasteiger partial charge on any atom is -0.396 e. The average Bonchev–Trinajstić information content (AvgIpc) is 2.34. The van der Waals surface area contributed by atoms with Crippen molar-refractivity contribution in [1.29, 1.82) is 0 Å². The molecule has 102 valence electrons. The van der Waals surface area contributed by atoms with Crippen LogP contribution in [0.5, 0.6) is 0 Å². The maximum absolute atomic E-state index is 9.56. The molecule has 1 aliphatic rings. The van der Waals surface area contributed by atoms with Crippen LogP contribution in [0.25, 0.3) is 0 Å². The summed E-state index contributed by atoms with van der Waals surface area (Å²) in [6.07, 6.45) is 17.8. The zero-order chi connectivity index (χ0) is 12.4. The second-order valence-electron chi connectivity index (χ2n) is 6.36. The van der Waals surface area contributed by atoms with E-state index in [0.717, 1.165) is 0 Å². The molecule has 0 atom stereocenters. The minimum absolute atomic E-state index is 0.212. The lowest BCUT2D eigenvalue weighted by Crippen LogP contribution is -2.21. The highest BCUT2D eigenvalue weighted by Crippen LogP contribution is 2.31. The van der Waals surface area contributed by atoms with Crippen LogP contribution in [-0.4, -0.2) is 11.7 Å². The summed E-state index contributed by atoms with van der Waals surface area (Å²) in [6, 6.07) is 0. The van der Waals surface area contributed by atoms with E-state index in [1.807, 2.05) is 0 Å². The molecule has 0 aliphatic heterocycles. The van der Waals surface area contributed by atoms with E-state index in [9.17, 15) is 5.11 Å². The molecule has 0 saturated heterocycles. The molecule has 1 nitrogen and oxygen atoms in total. The molecule has 1 fully saturated rings. The first-order chi connectivity index (χ1) is 8.27. The molecule has 0 bridgehead atoms. The Morgan fingerprint density at radius 2 is 0.941 bits per heavy atom. The van der Waals surface area contributed by atoms with Crippen molar-refractivity contribution >= 4 is 0 Å². The summed E-state index contributed by atoms with van der Waals surface area (Å²) < 4.78 is 0. The number of hydrogen-bond donors (Lipinski definition) is 1. The first-order valence-electron chi connectivity index (χ1n) is 7.88. The van der Waals surface area contributed by atoms with Crippen LogP contribution in [0.4, 0.5) is 0 Å². The molecular formula is C16H32O. The third-order valence-corrected chi connectivity index (χ3v) is 4.44. The van der Waals surface area contributed by atoms with Crippen molar-refractivity contribution < 1.29 is 5.11 Å². The van der Waals surface area contributed by atoms with Crippen LogP contribution in [0, 0.1) is 5.41 Å². The lowest BCUT2D eigenvalue weighted by molar-refractivity contribution is 0.116. The lowest BCUT2D eigenvalue weighted by Gasteiger charge is -2.27. The average molecular weight is 240 g/mol. The highest BCUT2D eigenvalue weighted by Gasteiger charge is 2.22. The van der Waals surface area contributed by atoms with Gasteiger partial charge in [0.25, 0.3) is 0 Å². The third-order valence-electron chi connectivity index (χ3n) is 4.44. The van der Waals surface area contributed by atoms with Crippen LogP contribution in [0.3, 0.4) is 0 Å². The van der Waals surface area contributed by atoms with Crippen molar-refractivity contribution in [1.82, 2.24) is 0 Å². The fourth-order valence-corrected chi connectivity index (χ4v) is 2.98. The van der Waals surface area contributed by atoms with Gasteiger partial charge in [-0.3, -0.25) is 0 Å². The number of aliphatic hydroxyl groups excluding tert-OH is 1. The van der Waals surface area contributed by atoms with Gasteiger partial charge >= 0.3 is 0 Å². The van der Waals surface area contributed by atoms with E-state index < -0.39 is 0 Å². The third kappa shape index (κ3) is 7.08. The summed E-state index contributed by atoms with van der Waals surface area (Å²) in [7, 11) is 0. The molecule has 0 amide bonds. The van der Waals surface area contributed by atoms with Gasteiger partial charge in [0.2, 0.25) is 0 Å². The first-order valence-corrected chi connectivity index (χ1v) is 7.88. The second-order valence-corrected chi connectivity index (χ2v) is 6.36. The molecule has 0 aromatic carbocycles. The van der Waals surface area contributed by atoms with Gasteiger partial charge in [-0.15, -0.1) is 0 Å². The van der Waals surface area contributed by atoms with Crippen LogP contribution in [0.2, 0.25) is 0 Å². The molecule has 0 radical (unpaired) electrons. The van der Waals surface area contributed by atoms with Crippen molar-refractivity contribution in [2.75, 3.05) is 6.61 Å². The molecule has 0 aromatic rings. The SMILES string of the molecule is CC1(CO)CCCCCCCCCCCCC1. The van der Waals surface area contributed by atoms with Crippen LogP contribution in [0.1, 0.15) is 90.4 Å². The molecule has 0 heterocycles. The Labute approximate surface area is 108 Å². The van der Waals surface area contributed by atoms with Crippen molar-refractivity contribution in [3.05, 3.63) is 0 Å². The monoisotopic (exact) mass is 240 g/mol. The highest BCUT2D eigenvalue weighted by atomic mass is 16.3. The van der Waals surface area contributed by atoms with Gasteiger partial charge in [-0.05, 0) is 18.3 Å². The van der Waals surface area contributed by atoms with Gasteiger partial charge in [-0.1, -0.05) is 77.6 Å². The Morgan fingerprint density at radius 3 is 1.24 bits per heavy atom. The Morgan fingerprint density at radius 1 is 0.647 bits per heavy atom. The van der Waals surface area contributed by atoms with Crippen molar-refractivity contribution in [3.8, 4) is 0 Å². The molecule has 17 heavy (non-hydrogen) atoms. The Bertz CT molecular complexity index is 162. The van der Waals surface area contributed by atoms with Crippen molar-refractivity contribution in [2.24, 2.45) is 5.41 Å². The van der Waals surface area contributed by atoms with Gasteiger partial charge in [0.15, 0.2) is 0 Å². The van der Waals surface area contributed by atoms with Gasteiger partial charge in [-0.25, -0.2) is 0 Å². The standard InChI is InChI=1S/C16H32O/c1-16(15-17)13-11-9-7-5-3-2-4-6-8-10-12-14-16/h17H,2-15H2,1H3. The van der Waals surface area contributed by atoms with Gasteiger partial charge in [0.1, 0.15) is 0 Å². The van der Waals surface area contributed by atoms with Crippen molar-refractivity contribution in [2.45, 2.75) is 90.4 Å². The quantitative estimate of drug-likeness (QED) is 0.678. The number of aliphatic hydroxyl groups is 1. The number of hydrogen-bond acceptors (Lipinski definition) is 1. The van der Waals surface area contributed by atoms with Crippen LogP contribution < -0.4 is 0 Å². The van der Waals surface area contributed by atoms with Gasteiger partial charge in [0, 0.05) is 6.61 Å². The van der Waals surface area contributed by atoms with E-state index in [-0.39, 0.29) is 5.41 Å². The molecule has 0 spiro atoms. The second kappa shape index (κ2) is 8.97. The molecule has 1 saturated carbocycles. The maximum atomic E-state index is 9.56. The Balaban J connectivity index is 2.29. The van der Waals surface area contributed by atoms with E-state index in [1.165, 1.54) is 83.5 Å². The topological polar surface area (TPSA) is 20.2 Å². The smallest absolute Gasteiger partial charge is 0.0484 e. The van der Waals surface area contributed by atoms with E-state index in [2.05, 4.69) is 6.92 Å². The molecule has 1 aliphatic carbocycles. The van der Waals surface area contributed by atoms with Crippen molar-refractivity contribution in [3.63, 3.8) is 0 Å². The normalized spacial score (nSPS) is 25.1. The fraction of sp³-hybridized carbons (Fsp3) is 1.00. The van der Waals surface area contributed by atoms with Gasteiger partial charge in [0.05, 0.1) is 0 Å². The number of rotatable bonds is 1. The Kier molecular flexibility index (Phi) is 7.92. The summed E-state index contributed by atoms with van der Waals surface area (Å²) in [4.78, 5) is 0. The minimum atomic E-state index is 0.212. The maximum Gasteiger partial charge on any atom is 0.0484 e. The summed E-state index contributed by atoms with van der Waals surface area (Å²) in [5.74, 6) is 0. The summed E-state index contributed by atoms with van der Waals surface area (Å²) in [5, 5.41) is 9.56. The van der Waals surface area contributed by atoms with E-state index in [4.69, 9.17) is 0 Å². The van der Waals surface area contributed by atoms with Gasteiger partial charge < -0.3 is 5.11 Å². The molecule has 0 unspecified atom stereocenters. The van der Waals surface area contributed by atoms with Crippen LogP contribution in [-0.2, 0) is 0 Å². The molecule has 1 heteroatoms. The molecule has 1 N–H and O–H groups in total. The summed E-state index contributed by atoms with van der Waals surface area (Å²) in [6.45, 7) is 2.66. The molecule has 0 aromatic heterocycles. The van der Waals surface area contributed by atoms with Crippen LogP contribution in [0.15, 0.2) is 0 Å². The predicted octanol–water partition coefficient (Wildman–Crippen LogP) is 5.07. The summed E-state index contributed by atoms with van der Waals surface area (Å²) >= 11 is 0. The Hall–Kier alpha value is -0.0400. The molecule has 1 rings (SSSR count). The zero-order valence-corrected chi connectivity index (χ0v) is 11.8. The van der Waals surface area contributed by atoms with Gasteiger partial charge in [-0.2, -0.15) is 0 Å². The lowest BCUT2D eigenvalue weighted by atomic mass is 9.80. The van der Waals surface area contributed by atoms with E-state index in [1.54, 1.807) is 0 Å². The first kappa shape index (κ1) is 15.0. The molecular weight excluding hydrogens is 208 g/mol. The predicted molar refractivity (Wildman–Crippen MR) is 75.2 cm³/mol. The van der Waals surface area contributed by atoms with Crippen LogP contribution >= 0.6 is 0 Å². The summed E-state index contributed by atoms with van der Waals surface area (Å²) in [5.41, 5.74) is 0.212. The van der Waals surface area contributed by atoms with E-state index in [0.29, 0.717) is 6.61 Å². The largest absolute Gasteiger partial charge is 0.396 e. The highest BCUT2D eigenvalue weighted by molar-refractivity contribution is 4.73. The fourth-order valence-electron chi connectivity index (χ4n) is 2.98. The van der Waals surface area contributed by atoms with E-state index >= 15 is 0 Å². The zero-order valence-electron chi connectivity index (χ0n) is 11.8.